The average Bonchev–Trinajstić information content (AvgIpc) is 2.39. The van der Waals surface area contributed by atoms with E-state index in [0.717, 1.165) is 5.56 Å². The zero-order valence-corrected chi connectivity index (χ0v) is 12.4. The molecule has 0 spiro atoms. The molecule has 0 unspecified atom stereocenters. The lowest BCUT2D eigenvalue weighted by Gasteiger charge is -2.08. The lowest BCUT2D eigenvalue weighted by molar-refractivity contribution is -0.384. The van der Waals surface area contributed by atoms with Crippen LogP contribution in [0.1, 0.15) is 5.56 Å². The van der Waals surface area contributed by atoms with Crippen molar-refractivity contribution in [3.8, 4) is 0 Å². The first-order valence-electron chi connectivity index (χ1n) is 5.59. The van der Waals surface area contributed by atoms with Crippen molar-refractivity contribution in [3.63, 3.8) is 0 Å². The third kappa shape index (κ3) is 3.46. The van der Waals surface area contributed by atoms with E-state index < -0.39 is 4.92 Å². The summed E-state index contributed by atoms with van der Waals surface area (Å²) in [5.74, 6) is -0.331. The summed E-state index contributed by atoms with van der Waals surface area (Å²) in [6.07, 6.45) is 0. The predicted octanol–water partition coefficient (Wildman–Crippen LogP) is 4.76. The van der Waals surface area contributed by atoms with Gasteiger partial charge in [-0.05, 0) is 29.8 Å². The zero-order valence-electron chi connectivity index (χ0n) is 10.1. The van der Waals surface area contributed by atoms with E-state index in [0.29, 0.717) is 16.7 Å². The van der Waals surface area contributed by atoms with Crippen LogP contribution in [-0.2, 0) is 6.54 Å². The van der Waals surface area contributed by atoms with Crippen molar-refractivity contribution < 1.29 is 9.31 Å². The van der Waals surface area contributed by atoms with E-state index in [9.17, 15) is 14.5 Å². The minimum atomic E-state index is -0.540. The summed E-state index contributed by atoms with van der Waals surface area (Å²) in [4.78, 5) is 10.2. The van der Waals surface area contributed by atoms with Crippen LogP contribution < -0.4 is 5.32 Å². The van der Waals surface area contributed by atoms with E-state index in [1.807, 2.05) is 0 Å². The smallest absolute Gasteiger partial charge is 0.289 e. The highest BCUT2D eigenvalue weighted by atomic mass is 79.9. The van der Waals surface area contributed by atoms with Gasteiger partial charge < -0.3 is 5.32 Å². The Kier molecular flexibility index (Phi) is 4.57. The Balaban J connectivity index is 2.15. The molecule has 7 heteroatoms. The molecule has 0 saturated heterocycles. The van der Waals surface area contributed by atoms with Gasteiger partial charge in [0, 0.05) is 22.8 Å². The topological polar surface area (TPSA) is 55.2 Å². The van der Waals surface area contributed by atoms with Crippen LogP contribution >= 0.6 is 27.5 Å². The van der Waals surface area contributed by atoms with Gasteiger partial charge in [-0.2, -0.15) is 0 Å². The summed E-state index contributed by atoms with van der Waals surface area (Å²) in [6, 6.07) is 8.82. The maximum atomic E-state index is 13.0. The number of benzene rings is 2. The Hall–Kier alpha value is -1.66. The van der Waals surface area contributed by atoms with Crippen molar-refractivity contribution in [1.82, 2.24) is 0 Å². The molecule has 2 aromatic carbocycles. The Labute approximate surface area is 127 Å². The molecular formula is C13H9BrClFN2O2. The second-order valence-electron chi connectivity index (χ2n) is 4.01. The minimum absolute atomic E-state index is 0.0866. The van der Waals surface area contributed by atoms with Gasteiger partial charge in [0.15, 0.2) is 0 Å². The molecule has 4 nitrogen and oxygen atoms in total. The quantitative estimate of drug-likeness (QED) is 0.632. The number of nitrogens with zero attached hydrogens (tertiary/aromatic N) is 1. The largest absolute Gasteiger partial charge is 0.381 e. The fourth-order valence-corrected chi connectivity index (χ4v) is 2.30. The number of rotatable bonds is 4. The van der Waals surface area contributed by atoms with Crippen molar-refractivity contribution in [2.75, 3.05) is 5.32 Å². The van der Waals surface area contributed by atoms with Gasteiger partial charge in [-0.15, -0.1) is 0 Å². The number of nitrogens with one attached hydrogen (secondary N) is 1. The molecule has 2 rings (SSSR count). The molecule has 0 aliphatic heterocycles. The summed E-state index contributed by atoms with van der Waals surface area (Å²) in [5, 5.41) is 13.9. The van der Waals surface area contributed by atoms with Crippen molar-refractivity contribution in [1.29, 1.82) is 0 Å². The summed E-state index contributed by atoms with van der Waals surface area (Å²) < 4.78 is 13.6. The van der Waals surface area contributed by atoms with E-state index >= 15 is 0 Å². The maximum absolute atomic E-state index is 13.0. The standard InChI is InChI=1S/C13H9BrClFN2O2/c14-11-5-9(16)2-1-8(11)7-17-10-3-4-12(15)13(6-10)18(19)20/h1-6,17H,7H2. The van der Waals surface area contributed by atoms with E-state index in [1.165, 1.54) is 24.3 Å². The number of hydrogen-bond donors (Lipinski definition) is 1. The van der Waals surface area contributed by atoms with Crippen LogP contribution in [0.25, 0.3) is 0 Å². The molecule has 2 aromatic rings. The van der Waals surface area contributed by atoms with E-state index in [1.54, 1.807) is 12.1 Å². The molecule has 0 heterocycles. The number of nitro benzene ring substituents is 1. The molecular weight excluding hydrogens is 351 g/mol. The average molecular weight is 360 g/mol. The first-order valence-corrected chi connectivity index (χ1v) is 6.76. The highest BCUT2D eigenvalue weighted by molar-refractivity contribution is 9.10. The van der Waals surface area contributed by atoms with Gasteiger partial charge in [0.05, 0.1) is 4.92 Å². The highest BCUT2D eigenvalue weighted by Gasteiger charge is 2.12. The van der Waals surface area contributed by atoms with Crippen LogP contribution in [-0.4, -0.2) is 4.92 Å². The van der Waals surface area contributed by atoms with Crippen molar-refractivity contribution in [3.05, 3.63) is 67.4 Å². The van der Waals surface area contributed by atoms with Gasteiger partial charge in [-0.1, -0.05) is 33.6 Å². The SMILES string of the molecule is O=[N+]([O-])c1cc(NCc2ccc(F)cc2Br)ccc1Cl. The van der Waals surface area contributed by atoms with Crippen molar-refractivity contribution in [2.45, 2.75) is 6.54 Å². The van der Waals surface area contributed by atoms with E-state index in [2.05, 4.69) is 21.2 Å². The van der Waals surface area contributed by atoms with E-state index in [-0.39, 0.29) is 16.5 Å². The van der Waals surface area contributed by atoms with Crippen LogP contribution in [0.3, 0.4) is 0 Å². The Morgan fingerprint density at radius 1 is 1.30 bits per heavy atom. The second-order valence-corrected chi connectivity index (χ2v) is 5.27. The van der Waals surface area contributed by atoms with Gasteiger partial charge in [-0.25, -0.2) is 4.39 Å². The van der Waals surface area contributed by atoms with Crippen LogP contribution in [0.2, 0.25) is 5.02 Å². The molecule has 1 N–H and O–H groups in total. The van der Waals surface area contributed by atoms with Crippen LogP contribution in [0.4, 0.5) is 15.8 Å². The monoisotopic (exact) mass is 358 g/mol. The third-order valence-corrected chi connectivity index (χ3v) is 3.70. The maximum Gasteiger partial charge on any atom is 0.289 e. The lowest BCUT2D eigenvalue weighted by Crippen LogP contribution is -2.01. The summed E-state index contributed by atoms with van der Waals surface area (Å²) in [5.41, 5.74) is 1.25. The summed E-state index contributed by atoms with van der Waals surface area (Å²) in [7, 11) is 0. The lowest BCUT2D eigenvalue weighted by atomic mass is 10.2. The molecule has 0 radical (unpaired) electrons. The molecule has 104 valence electrons. The third-order valence-electron chi connectivity index (χ3n) is 2.64. The van der Waals surface area contributed by atoms with Crippen LogP contribution in [0.5, 0.6) is 0 Å². The molecule has 20 heavy (non-hydrogen) atoms. The number of halogens is 3. The molecule has 0 aliphatic carbocycles. The van der Waals surface area contributed by atoms with E-state index in [4.69, 9.17) is 11.6 Å². The predicted molar refractivity (Wildman–Crippen MR) is 79.5 cm³/mol. The van der Waals surface area contributed by atoms with Crippen molar-refractivity contribution in [2.24, 2.45) is 0 Å². The van der Waals surface area contributed by atoms with Crippen LogP contribution in [0.15, 0.2) is 40.9 Å². The fraction of sp³-hybridized carbons (Fsp3) is 0.0769. The first-order chi connectivity index (χ1) is 9.47. The zero-order chi connectivity index (χ0) is 14.7. The van der Waals surface area contributed by atoms with Gasteiger partial charge in [-0.3, -0.25) is 10.1 Å². The Morgan fingerprint density at radius 2 is 2.05 bits per heavy atom. The minimum Gasteiger partial charge on any atom is -0.381 e. The number of anilines is 1. The van der Waals surface area contributed by atoms with Crippen molar-refractivity contribution >= 4 is 38.9 Å². The molecule has 0 fully saturated rings. The Bertz CT molecular complexity index is 667. The molecule has 0 aliphatic rings. The first kappa shape index (κ1) is 14.7. The fourth-order valence-electron chi connectivity index (χ4n) is 1.62. The van der Waals surface area contributed by atoms with Gasteiger partial charge in [0.1, 0.15) is 10.8 Å². The van der Waals surface area contributed by atoms with Crippen LogP contribution in [0, 0.1) is 15.9 Å². The summed E-state index contributed by atoms with van der Waals surface area (Å²) >= 11 is 8.99. The number of hydrogen-bond acceptors (Lipinski definition) is 3. The normalized spacial score (nSPS) is 10.3. The highest BCUT2D eigenvalue weighted by Crippen LogP contribution is 2.28. The summed E-state index contributed by atoms with van der Waals surface area (Å²) in [6.45, 7) is 0.402. The molecule has 0 amide bonds. The number of nitro groups is 1. The van der Waals surface area contributed by atoms with Gasteiger partial charge in [0.2, 0.25) is 0 Å². The second kappa shape index (κ2) is 6.19. The van der Waals surface area contributed by atoms with Gasteiger partial charge >= 0.3 is 0 Å². The molecule has 0 saturated carbocycles. The Morgan fingerprint density at radius 3 is 2.70 bits per heavy atom. The van der Waals surface area contributed by atoms with Gasteiger partial charge in [0.25, 0.3) is 5.69 Å². The molecule has 0 atom stereocenters. The molecule has 0 aromatic heterocycles. The molecule has 0 bridgehead atoms.